The van der Waals surface area contributed by atoms with E-state index in [0.29, 0.717) is 52.5 Å². The largest absolute Gasteiger partial charge is 0.490 e. The number of hydrogen-bond donors (Lipinski definition) is 2. The van der Waals surface area contributed by atoms with E-state index in [1.54, 1.807) is 42.5 Å². The van der Waals surface area contributed by atoms with Gasteiger partial charge in [-0.3, -0.25) is 9.59 Å². The van der Waals surface area contributed by atoms with Gasteiger partial charge in [-0.1, -0.05) is 48.0 Å². The topological polar surface area (TPSA) is 117 Å². The smallest absolute Gasteiger partial charge is 0.262 e. The van der Waals surface area contributed by atoms with Crippen molar-refractivity contribution in [1.82, 2.24) is 10.7 Å². The van der Waals surface area contributed by atoms with Crippen LogP contribution in [0, 0.1) is 0 Å². The molecule has 0 saturated carbocycles. The lowest BCUT2D eigenvalue weighted by atomic mass is 10.1. The summed E-state index contributed by atoms with van der Waals surface area (Å²) >= 11 is 5.90. The van der Waals surface area contributed by atoms with Crippen LogP contribution in [0.1, 0.15) is 23.6 Å². The first kappa shape index (κ1) is 31.2. The molecule has 232 valence electrons. The Morgan fingerprint density at radius 3 is 2.49 bits per heavy atom. The molecule has 0 bridgehead atoms. The molecule has 0 fully saturated rings. The fourth-order valence-electron chi connectivity index (χ4n) is 4.41. The molecule has 2 N–H and O–H groups in total. The number of nitrogens with zero attached hydrogens (tertiary/aromatic N) is 1. The lowest BCUT2D eigenvalue weighted by Gasteiger charge is -2.17. The number of carbonyl (C=O) groups is 2. The molecular weight excluding hydrogens is 598 g/mol. The van der Waals surface area contributed by atoms with Crippen molar-refractivity contribution in [1.29, 1.82) is 0 Å². The van der Waals surface area contributed by atoms with E-state index < -0.39 is 17.9 Å². The Labute approximate surface area is 265 Å². The van der Waals surface area contributed by atoms with Gasteiger partial charge in [-0.05, 0) is 78.2 Å². The van der Waals surface area contributed by atoms with Crippen LogP contribution in [0.15, 0.2) is 96.1 Å². The Kier molecular flexibility index (Phi) is 10.7. The standard InChI is InChI=1S/C34H32ClN3O7/c1-2-41-31-17-24(8-14-29(31)43-20-25-9-15-30-32(18-25)45-22-44-30)19-36-38-34(40)28(16-23-6-4-3-5-7-23)37-33(39)21-42-27-12-10-26(35)11-13-27/h3-15,17-19,28H,2,16,20-22H2,1H3,(H,37,39)(H,38,40)/b36-19-/t28-/m0/s1. The third kappa shape index (κ3) is 9.14. The number of halogens is 1. The molecular formula is C34H32ClN3O7. The normalized spacial score (nSPS) is 12.4. The molecule has 0 aliphatic carbocycles. The minimum atomic E-state index is -0.892. The monoisotopic (exact) mass is 629 g/mol. The van der Waals surface area contributed by atoms with Gasteiger partial charge >= 0.3 is 0 Å². The first-order valence-corrected chi connectivity index (χ1v) is 14.7. The highest BCUT2D eigenvalue weighted by atomic mass is 35.5. The van der Waals surface area contributed by atoms with E-state index in [1.807, 2.05) is 55.5 Å². The van der Waals surface area contributed by atoms with Crippen LogP contribution in [0.5, 0.6) is 28.7 Å². The Morgan fingerprint density at radius 2 is 1.69 bits per heavy atom. The number of hydrazone groups is 1. The molecule has 1 heterocycles. The van der Waals surface area contributed by atoms with E-state index in [9.17, 15) is 9.59 Å². The molecule has 4 aromatic carbocycles. The van der Waals surface area contributed by atoms with Crippen molar-refractivity contribution in [2.75, 3.05) is 20.0 Å². The molecule has 0 unspecified atom stereocenters. The SMILES string of the molecule is CCOc1cc(/C=N\NC(=O)[C@H](Cc2ccccc2)NC(=O)COc2ccc(Cl)cc2)ccc1OCc1ccc2c(c1)OCO2. The predicted octanol–water partition coefficient (Wildman–Crippen LogP) is 5.30. The molecule has 11 heteroatoms. The van der Waals surface area contributed by atoms with Crippen molar-refractivity contribution in [2.45, 2.75) is 26.0 Å². The number of amides is 2. The van der Waals surface area contributed by atoms with Gasteiger partial charge in [-0.25, -0.2) is 5.43 Å². The highest BCUT2D eigenvalue weighted by Crippen LogP contribution is 2.34. The number of rotatable bonds is 14. The van der Waals surface area contributed by atoms with Crippen molar-refractivity contribution >= 4 is 29.6 Å². The van der Waals surface area contributed by atoms with Crippen LogP contribution in [0.25, 0.3) is 0 Å². The van der Waals surface area contributed by atoms with Gasteiger partial charge < -0.3 is 29.0 Å². The maximum absolute atomic E-state index is 13.1. The molecule has 1 atom stereocenters. The molecule has 45 heavy (non-hydrogen) atoms. The second-order valence-corrected chi connectivity index (χ2v) is 10.3. The highest BCUT2D eigenvalue weighted by Gasteiger charge is 2.21. The van der Waals surface area contributed by atoms with Gasteiger partial charge in [0.1, 0.15) is 18.4 Å². The summed E-state index contributed by atoms with van der Waals surface area (Å²) < 4.78 is 28.1. The van der Waals surface area contributed by atoms with E-state index >= 15 is 0 Å². The van der Waals surface area contributed by atoms with E-state index in [0.717, 1.165) is 11.1 Å². The van der Waals surface area contributed by atoms with Crippen LogP contribution < -0.4 is 34.4 Å². The maximum Gasteiger partial charge on any atom is 0.262 e. The van der Waals surface area contributed by atoms with Crippen LogP contribution in [-0.4, -0.2) is 44.1 Å². The van der Waals surface area contributed by atoms with E-state index in [-0.39, 0.29) is 19.8 Å². The van der Waals surface area contributed by atoms with Crippen LogP contribution in [0.2, 0.25) is 5.02 Å². The molecule has 1 aliphatic rings. The Hall–Kier alpha value is -5.22. The summed E-state index contributed by atoms with van der Waals surface area (Å²) in [6, 6.07) is 26.1. The number of fused-ring (bicyclic) bond motifs is 1. The van der Waals surface area contributed by atoms with Crippen LogP contribution in [-0.2, 0) is 22.6 Å². The van der Waals surface area contributed by atoms with Crippen molar-refractivity contribution in [3.63, 3.8) is 0 Å². The quantitative estimate of drug-likeness (QED) is 0.144. The highest BCUT2D eigenvalue weighted by molar-refractivity contribution is 6.30. The Morgan fingerprint density at radius 1 is 0.889 bits per heavy atom. The molecule has 0 spiro atoms. The fourth-order valence-corrected chi connectivity index (χ4v) is 4.53. The van der Waals surface area contributed by atoms with Gasteiger partial charge in [0.05, 0.1) is 12.8 Å². The zero-order valence-electron chi connectivity index (χ0n) is 24.5. The summed E-state index contributed by atoms with van der Waals surface area (Å²) in [5, 5.41) is 7.43. The summed E-state index contributed by atoms with van der Waals surface area (Å²) in [6.45, 7) is 2.55. The summed E-state index contributed by atoms with van der Waals surface area (Å²) in [5.74, 6) is 2.03. The minimum Gasteiger partial charge on any atom is -0.490 e. The number of benzene rings is 4. The van der Waals surface area contributed by atoms with Gasteiger partial charge in [0.25, 0.3) is 11.8 Å². The summed E-state index contributed by atoms with van der Waals surface area (Å²) in [5.41, 5.74) is 5.00. The van der Waals surface area contributed by atoms with Gasteiger partial charge in [-0.15, -0.1) is 0 Å². The molecule has 10 nitrogen and oxygen atoms in total. The lowest BCUT2D eigenvalue weighted by molar-refractivity contribution is -0.130. The van der Waals surface area contributed by atoms with Crippen molar-refractivity contribution in [3.8, 4) is 28.7 Å². The predicted molar refractivity (Wildman–Crippen MR) is 169 cm³/mol. The van der Waals surface area contributed by atoms with Gasteiger partial charge in [-0.2, -0.15) is 5.10 Å². The summed E-state index contributed by atoms with van der Waals surface area (Å²) in [6.07, 6.45) is 1.76. The second-order valence-electron chi connectivity index (χ2n) is 9.90. The summed E-state index contributed by atoms with van der Waals surface area (Å²) in [4.78, 5) is 25.8. The fraction of sp³-hybridized carbons (Fsp3) is 0.206. The molecule has 0 saturated heterocycles. The van der Waals surface area contributed by atoms with Crippen LogP contribution in [0.4, 0.5) is 0 Å². The Balaban J connectivity index is 1.20. The van der Waals surface area contributed by atoms with Gasteiger partial charge in [0, 0.05) is 11.4 Å². The van der Waals surface area contributed by atoms with E-state index in [4.69, 9.17) is 35.3 Å². The van der Waals surface area contributed by atoms with Crippen molar-refractivity contribution in [2.24, 2.45) is 5.10 Å². The van der Waals surface area contributed by atoms with Crippen molar-refractivity contribution in [3.05, 3.63) is 113 Å². The zero-order valence-corrected chi connectivity index (χ0v) is 25.3. The van der Waals surface area contributed by atoms with E-state index in [1.165, 1.54) is 6.21 Å². The number of nitrogens with one attached hydrogen (secondary N) is 2. The van der Waals surface area contributed by atoms with Crippen LogP contribution >= 0.6 is 11.6 Å². The molecule has 1 aliphatic heterocycles. The third-order valence-corrected chi connectivity index (χ3v) is 6.86. The third-order valence-electron chi connectivity index (χ3n) is 6.61. The Bertz CT molecular complexity index is 1630. The minimum absolute atomic E-state index is 0.208. The first-order valence-electron chi connectivity index (χ1n) is 14.3. The first-order chi connectivity index (χ1) is 22.0. The molecule has 2 amide bonds. The average molecular weight is 630 g/mol. The number of carbonyl (C=O) groups excluding carboxylic acids is 2. The number of hydrogen-bond acceptors (Lipinski definition) is 8. The van der Waals surface area contributed by atoms with E-state index in [2.05, 4.69) is 15.8 Å². The van der Waals surface area contributed by atoms with Gasteiger partial charge in [0.2, 0.25) is 6.79 Å². The lowest BCUT2D eigenvalue weighted by Crippen LogP contribution is -2.48. The molecule has 5 rings (SSSR count). The van der Waals surface area contributed by atoms with Gasteiger partial charge in [0.15, 0.2) is 29.6 Å². The number of ether oxygens (including phenoxy) is 5. The molecule has 4 aromatic rings. The molecule has 0 radical (unpaired) electrons. The molecule has 0 aromatic heterocycles. The van der Waals surface area contributed by atoms with Crippen molar-refractivity contribution < 1.29 is 33.3 Å². The van der Waals surface area contributed by atoms with Crippen LogP contribution in [0.3, 0.4) is 0 Å². The maximum atomic E-state index is 13.1. The second kappa shape index (κ2) is 15.5. The zero-order chi connectivity index (χ0) is 31.4. The summed E-state index contributed by atoms with van der Waals surface area (Å²) in [7, 11) is 0. The average Bonchev–Trinajstić information content (AvgIpc) is 3.52.